The number of aromatic nitrogens is 5. The van der Waals surface area contributed by atoms with E-state index < -0.39 is 5.60 Å². The summed E-state index contributed by atoms with van der Waals surface area (Å²) in [5.41, 5.74) is 6.82. The van der Waals surface area contributed by atoms with Gasteiger partial charge in [-0.05, 0) is 43.9 Å². The summed E-state index contributed by atoms with van der Waals surface area (Å²) in [5, 5.41) is 21.7. The highest BCUT2D eigenvalue weighted by Crippen LogP contribution is 2.36. The van der Waals surface area contributed by atoms with Crippen LogP contribution in [0.25, 0.3) is 22.6 Å². The predicted molar refractivity (Wildman–Crippen MR) is 112 cm³/mol. The van der Waals surface area contributed by atoms with Crippen LogP contribution in [0.3, 0.4) is 0 Å². The number of nitrogens with two attached hydrogens (primary N) is 1. The van der Waals surface area contributed by atoms with Gasteiger partial charge in [0.15, 0.2) is 23.1 Å². The molecular weight excluding hydrogens is 386 g/mol. The summed E-state index contributed by atoms with van der Waals surface area (Å²) in [5.74, 6) is 1.59. The molecule has 0 radical (unpaired) electrons. The van der Waals surface area contributed by atoms with Crippen LogP contribution in [0.5, 0.6) is 5.75 Å². The summed E-state index contributed by atoms with van der Waals surface area (Å²) in [6.07, 6.45) is 4.17. The van der Waals surface area contributed by atoms with E-state index in [1.54, 1.807) is 20.0 Å². The van der Waals surface area contributed by atoms with Gasteiger partial charge in [-0.15, -0.1) is 0 Å². The van der Waals surface area contributed by atoms with Gasteiger partial charge in [-0.2, -0.15) is 0 Å². The number of ether oxygens (including phenoxy) is 1. The Kier molecular flexibility index (Phi) is 5.37. The van der Waals surface area contributed by atoms with E-state index in [9.17, 15) is 5.11 Å². The Morgan fingerprint density at radius 2 is 2.17 bits per heavy atom. The normalized spacial score (nSPS) is 15.6. The summed E-state index contributed by atoms with van der Waals surface area (Å²) in [7, 11) is 0. The number of hydrogen-bond acceptors (Lipinski definition) is 9. The number of nitrogen functional groups attached to an aromatic ring is 1. The first kappa shape index (κ1) is 20.5. The van der Waals surface area contributed by atoms with Crippen molar-refractivity contribution in [1.29, 1.82) is 0 Å². The fraction of sp³-hybridized carbons (Fsp3) is 0.600. The molecule has 30 heavy (non-hydrogen) atoms. The second kappa shape index (κ2) is 7.84. The predicted octanol–water partition coefficient (Wildman–Crippen LogP) is 2.08. The number of pyridine rings is 1. The second-order valence-corrected chi connectivity index (χ2v) is 8.50. The van der Waals surface area contributed by atoms with Crippen LogP contribution in [0.1, 0.15) is 46.2 Å². The van der Waals surface area contributed by atoms with Gasteiger partial charge in [-0.3, -0.25) is 4.98 Å². The molecule has 1 fully saturated rings. The number of fused-ring (bicyclic) bond motifs is 1. The smallest absolute Gasteiger partial charge is 0.199 e. The first-order valence-electron chi connectivity index (χ1n) is 10.4. The van der Waals surface area contributed by atoms with Gasteiger partial charge < -0.3 is 25.5 Å². The third-order valence-corrected chi connectivity index (χ3v) is 5.21. The molecule has 0 saturated heterocycles. The van der Waals surface area contributed by atoms with Gasteiger partial charge in [0, 0.05) is 25.0 Å². The number of imidazole rings is 1. The lowest BCUT2D eigenvalue weighted by Gasteiger charge is -2.19. The van der Waals surface area contributed by atoms with Crippen LogP contribution in [-0.2, 0) is 12.1 Å². The minimum Gasteiger partial charge on any atom is -0.489 e. The van der Waals surface area contributed by atoms with E-state index in [1.807, 2.05) is 11.5 Å². The molecule has 0 spiro atoms. The van der Waals surface area contributed by atoms with Crippen molar-refractivity contribution < 1.29 is 14.5 Å². The van der Waals surface area contributed by atoms with Crippen molar-refractivity contribution in [2.75, 3.05) is 18.9 Å². The van der Waals surface area contributed by atoms with Crippen molar-refractivity contribution >= 4 is 16.9 Å². The summed E-state index contributed by atoms with van der Waals surface area (Å²) >= 11 is 0. The molecule has 0 amide bonds. The van der Waals surface area contributed by atoms with Gasteiger partial charge in [0.05, 0.1) is 18.5 Å². The molecule has 4 rings (SSSR count). The molecule has 3 aromatic heterocycles. The van der Waals surface area contributed by atoms with Crippen molar-refractivity contribution in [2.45, 2.75) is 58.7 Å². The van der Waals surface area contributed by atoms with Crippen molar-refractivity contribution in [2.24, 2.45) is 5.92 Å². The quantitative estimate of drug-likeness (QED) is 0.479. The molecule has 1 aliphatic rings. The Morgan fingerprint density at radius 3 is 2.77 bits per heavy atom. The zero-order valence-corrected chi connectivity index (χ0v) is 17.8. The minimum atomic E-state index is -1.18. The molecule has 1 saturated carbocycles. The molecular formula is C20H29N7O3. The summed E-state index contributed by atoms with van der Waals surface area (Å²) in [4.78, 5) is 9.19. The van der Waals surface area contributed by atoms with Crippen molar-refractivity contribution in [3.63, 3.8) is 0 Å². The molecule has 0 unspecified atom stereocenters. The average molecular weight is 415 g/mol. The lowest BCUT2D eigenvalue weighted by molar-refractivity contribution is 0.0753. The lowest BCUT2D eigenvalue weighted by atomic mass is 10.0. The van der Waals surface area contributed by atoms with E-state index in [1.165, 1.54) is 12.8 Å². The number of aryl methyl sites for hydroxylation is 1. The van der Waals surface area contributed by atoms with Gasteiger partial charge in [0.2, 0.25) is 0 Å². The molecule has 0 aliphatic heterocycles. The van der Waals surface area contributed by atoms with Crippen LogP contribution in [0.2, 0.25) is 0 Å². The van der Waals surface area contributed by atoms with E-state index in [4.69, 9.17) is 20.1 Å². The Balaban J connectivity index is 1.74. The second-order valence-electron chi connectivity index (χ2n) is 8.50. The maximum atomic E-state index is 10.6. The fourth-order valence-electron chi connectivity index (χ4n) is 3.45. The molecule has 10 nitrogen and oxygen atoms in total. The van der Waals surface area contributed by atoms with Crippen LogP contribution >= 0.6 is 0 Å². The molecule has 0 aromatic carbocycles. The molecule has 10 heteroatoms. The Labute approximate surface area is 174 Å². The van der Waals surface area contributed by atoms with Crippen LogP contribution < -0.4 is 15.8 Å². The number of hydrogen-bond donors (Lipinski definition) is 3. The molecule has 162 valence electrons. The highest BCUT2D eigenvalue weighted by molar-refractivity contribution is 5.88. The largest absolute Gasteiger partial charge is 0.489 e. The van der Waals surface area contributed by atoms with Gasteiger partial charge in [-0.1, -0.05) is 6.92 Å². The number of anilines is 1. The SMILES string of the molecule is CCn1c(-c2nonc2N)nc2c(C(C)(C)O)ncc(OC[C@@H](C)CNC3CC3)c21. The molecule has 1 aliphatic carbocycles. The Morgan fingerprint density at radius 1 is 1.40 bits per heavy atom. The maximum Gasteiger partial charge on any atom is 0.199 e. The van der Waals surface area contributed by atoms with E-state index in [2.05, 4.69) is 27.5 Å². The summed E-state index contributed by atoms with van der Waals surface area (Å²) in [6, 6.07) is 0.664. The van der Waals surface area contributed by atoms with E-state index in [0.717, 1.165) is 12.1 Å². The fourth-order valence-corrected chi connectivity index (χ4v) is 3.45. The standard InChI is InChI=1S/C20H29N7O3/c1-5-27-16-13(29-10-11(2)8-22-12-6-7-12)9-23-17(20(3,4)28)14(16)24-19(27)15-18(21)26-30-25-15/h9,11-12,22,28H,5-8,10H2,1-4H3,(H2,21,26)/t11-/m0/s1. The molecule has 3 heterocycles. The zero-order valence-electron chi connectivity index (χ0n) is 17.8. The average Bonchev–Trinajstić information content (AvgIpc) is 3.31. The monoisotopic (exact) mass is 415 g/mol. The zero-order chi connectivity index (χ0) is 21.5. The van der Waals surface area contributed by atoms with Crippen LogP contribution in [-0.4, -0.2) is 49.1 Å². The van der Waals surface area contributed by atoms with Crippen LogP contribution in [0.15, 0.2) is 10.8 Å². The number of aliphatic hydroxyl groups is 1. The maximum absolute atomic E-state index is 10.6. The molecule has 3 aromatic rings. The topological polar surface area (TPSA) is 137 Å². The van der Waals surface area contributed by atoms with E-state index >= 15 is 0 Å². The Bertz CT molecular complexity index is 1030. The molecule has 4 N–H and O–H groups in total. The third-order valence-electron chi connectivity index (χ3n) is 5.21. The number of nitrogens with one attached hydrogen (secondary N) is 1. The first-order chi connectivity index (χ1) is 14.3. The van der Waals surface area contributed by atoms with Crippen LogP contribution in [0, 0.1) is 5.92 Å². The van der Waals surface area contributed by atoms with Crippen LogP contribution in [0.4, 0.5) is 5.82 Å². The summed E-state index contributed by atoms with van der Waals surface area (Å²) < 4.78 is 12.9. The minimum absolute atomic E-state index is 0.153. The highest BCUT2D eigenvalue weighted by Gasteiger charge is 2.29. The Hall–Kier alpha value is -2.72. The van der Waals surface area contributed by atoms with Crippen molar-refractivity contribution in [3.05, 3.63) is 11.9 Å². The van der Waals surface area contributed by atoms with Gasteiger partial charge in [-0.25, -0.2) is 9.61 Å². The van der Waals surface area contributed by atoms with Gasteiger partial charge >= 0.3 is 0 Å². The van der Waals surface area contributed by atoms with Gasteiger partial charge in [0.1, 0.15) is 16.6 Å². The third kappa shape index (κ3) is 3.97. The van der Waals surface area contributed by atoms with Crippen molar-refractivity contribution in [1.82, 2.24) is 30.2 Å². The lowest BCUT2D eigenvalue weighted by Crippen LogP contribution is -2.26. The van der Waals surface area contributed by atoms with Gasteiger partial charge in [0.25, 0.3) is 0 Å². The highest BCUT2D eigenvalue weighted by atomic mass is 16.6. The molecule has 0 bridgehead atoms. The van der Waals surface area contributed by atoms with Crippen molar-refractivity contribution in [3.8, 4) is 17.3 Å². The summed E-state index contributed by atoms with van der Waals surface area (Å²) in [6.45, 7) is 9.52. The number of rotatable bonds is 9. The number of nitrogens with zero attached hydrogens (tertiary/aromatic N) is 5. The van der Waals surface area contributed by atoms with E-state index in [-0.39, 0.29) is 5.82 Å². The van der Waals surface area contributed by atoms with E-state index in [0.29, 0.717) is 53.6 Å². The molecule has 1 atom stereocenters. The first-order valence-corrected chi connectivity index (χ1v) is 10.4.